The van der Waals surface area contributed by atoms with E-state index in [-0.39, 0.29) is 11.9 Å². The molecule has 0 bridgehead atoms. The molecule has 4 heteroatoms. The molecule has 0 saturated heterocycles. The average molecular weight is 279 g/mol. The number of hydrogen-bond acceptors (Lipinski definition) is 2. The van der Waals surface area contributed by atoms with Crippen molar-refractivity contribution in [3.63, 3.8) is 0 Å². The molecule has 0 aliphatic carbocycles. The first-order chi connectivity index (χ1) is 10.1. The summed E-state index contributed by atoms with van der Waals surface area (Å²) in [6, 6.07) is 13.5. The predicted octanol–water partition coefficient (Wildman–Crippen LogP) is 3.13. The summed E-state index contributed by atoms with van der Waals surface area (Å²) in [4.78, 5) is 16.9. The highest BCUT2D eigenvalue weighted by atomic mass is 16.1. The van der Waals surface area contributed by atoms with E-state index in [1.807, 2.05) is 67.0 Å². The Labute approximate surface area is 123 Å². The molecule has 0 saturated carbocycles. The van der Waals surface area contributed by atoms with Crippen LogP contribution in [0.4, 0.5) is 0 Å². The number of aromatic nitrogens is 2. The Morgan fingerprint density at radius 2 is 1.95 bits per heavy atom. The van der Waals surface area contributed by atoms with Gasteiger partial charge < -0.3 is 9.72 Å². The van der Waals surface area contributed by atoms with E-state index >= 15 is 0 Å². The first kappa shape index (κ1) is 13.4. The fourth-order valence-corrected chi connectivity index (χ4v) is 2.41. The lowest BCUT2D eigenvalue weighted by Gasteiger charge is -2.14. The van der Waals surface area contributed by atoms with Gasteiger partial charge in [-0.25, -0.2) is 4.98 Å². The van der Waals surface area contributed by atoms with Crippen molar-refractivity contribution in [2.75, 3.05) is 0 Å². The number of imidazole rings is 1. The summed E-state index contributed by atoms with van der Waals surface area (Å²) in [6.07, 6.45) is 3.81. The van der Waals surface area contributed by atoms with Crippen LogP contribution in [0.15, 0.2) is 54.9 Å². The Hall–Kier alpha value is -2.62. The van der Waals surface area contributed by atoms with Crippen LogP contribution in [0.25, 0.3) is 5.65 Å². The minimum atomic E-state index is -0.109. The Kier molecular flexibility index (Phi) is 3.44. The number of benzene rings is 1. The van der Waals surface area contributed by atoms with E-state index in [9.17, 15) is 4.79 Å². The maximum absolute atomic E-state index is 12.5. The molecule has 0 fully saturated rings. The lowest BCUT2D eigenvalue weighted by Crippen LogP contribution is -2.27. The number of amides is 1. The number of carbonyl (C=O) groups is 1. The number of aryl methyl sites for hydroxylation is 1. The second-order valence-electron chi connectivity index (χ2n) is 5.14. The first-order valence-electron chi connectivity index (χ1n) is 6.95. The minimum Gasteiger partial charge on any atom is -0.345 e. The van der Waals surface area contributed by atoms with E-state index in [0.717, 1.165) is 11.3 Å². The maximum atomic E-state index is 12.5. The Balaban J connectivity index is 1.87. The fraction of sp³-hybridized carbons (Fsp3) is 0.176. The van der Waals surface area contributed by atoms with Crippen LogP contribution in [0.5, 0.6) is 0 Å². The topological polar surface area (TPSA) is 46.4 Å². The molecule has 1 amide bonds. The highest BCUT2D eigenvalue weighted by Gasteiger charge is 2.15. The monoisotopic (exact) mass is 279 g/mol. The first-order valence-corrected chi connectivity index (χ1v) is 6.95. The number of pyridine rings is 1. The summed E-state index contributed by atoms with van der Waals surface area (Å²) in [5.74, 6) is -0.109. The molecule has 0 aliphatic rings. The third-order valence-corrected chi connectivity index (χ3v) is 3.50. The van der Waals surface area contributed by atoms with Crippen molar-refractivity contribution in [3.8, 4) is 0 Å². The fourth-order valence-electron chi connectivity index (χ4n) is 2.41. The second kappa shape index (κ2) is 5.40. The molecule has 106 valence electrons. The number of nitrogens with one attached hydrogen (secondary N) is 1. The number of hydrogen-bond donors (Lipinski definition) is 1. The third kappa shape index (κ3) is 2.65. The van der Waals surface area contributed by atoms with Crippen molar-refractivity contribution >= 4 is 11.6 Å². The highest BCUT2D eigenvalue weighted by Crippen LogP contribution is 2.15. The molecule has 1 N–H and O–H groups in total. The Bertz CT molecular complexity index is 777. The van der Waals surface area contributed by atoms with Crippen molar-refractivity contribution in [1.29, 1.82) is 0 Å². The van der Waals surface area contributed by atoms with Crippen molar-refractivity contribution in [2.45, 2.75) is 19.9 Å². The van der Waals surface area contributed by atoms with Crippen LogP contribution in [0.1, 0.15) is 34.6 Å². The standard InChI is InChI=1S/C17H17N3O/c1-12-11-20-10-6-9-15(16(20)18-12)17(21)19-13(2)14-7-4-3-5-8-14/h3-11,13H,1-2H3,(H,19,21). The molecular formula is C17H17N3O. The van der Waals surface area contributed by atoms with Crippen LogP contribution >= 0.6 is 0 Å². The molecule has 0 spiro atoms. The SMILES string of the molecule is Cc1cn2cccc(C(=O)NC(C)c3ccccc3)c2n1. The third-order valence-electron chi connectivity index (χ3n) is 3.50. The van der Waals surface area contributed by atoms with E-state index in [2.05, 4.69) is 10.3 Å². The maximum Gasteiger partial charge on any atom is 0.255 e. The van der Waals surface area contributed by atoms with Crippen LogP contribution in [0.2, 0.25) is 0 Å². The lowest BCUT2D eigenvalue weighted by atomic mass is 10.1. The van der Waals surface area contributed by atoms with Gasteiger partial charge in [-0.05, 0) is 31.5 Å². The van der Waals surface area contributed by atoms with E-state index < -0.39 is 0 Å². The Morgan fingerprint density at radius 3 is 2.71 bits per heavy atom. The minimum absolute atomic E-state index is 0.0463. The molecule has 1 aromatic carbocycles. The van der Waals surface area contributed by atoms with Crippen LogP contribution in [0, 0.1) is 6.92 Å². The smallest absolute Gasteiger partial charge is 0.255 e. The number of fused-ring (bicyclic) bond motifs is 1. The zero-order valence-corrected chi connectivity index (χ0v) is 12.1. The van der Waals surface area contributed by atoms with E-state index in [1.165, 1.54) is 0 Å². The zero-order chi connectivity index (χ0) is 14.8. The van der Waals surface area contributed by atoms with Gasteiger partial charge in [-0.2, -0.15) is 0 Å². The highest BCUT2D eigenvalue weighted by molar-refractivity contribution is 6.00. The van der Waals surface area contributed by atoms with Gasteiger partial charge in [-0.15, -0.1) is 0 Å². The molecule has 21 heavy (non-hydrogen) atoms. The second-order valence-corrected chi connectivity index (χ2v) is 5.14. The van der Waals surface area contributed by atoms with Crippen LogP contribution in [-0.2, 0) is 0 Å². The Morgan fingerprint density at radius 1 is 1.19 bits per heavy atom. The lowest BCUT2D eigenvalue weighted by molar-refractivity contribution is 0.0941. The van der Waals surface area contributed by atoms with Crippen LogP contribution < -0.4 is 5.32 Å². The molecule has 3 aromatic rings. The van der Waals surface area contributed by atoms with Gasteiger partial charge in [-0.3, -0.25) is 4.79 Å². The van der Waals surface area contributed by atoms with Crippen molar-refractivity contribution < 1.29 is 4.79 Å². The summed E-state index contributed by atoms with van der Waals surface area (Å²) in [7, 11) is 0. The van der Waals surface area contributed by atoms with Gasteiger partial charge in [0.25, 0.3) is 5.91 Å². The van der Waals surface area contributed by atoms with E-state index in [4.69, 9.17) is 0 Å². The molecule has 0 aliphatic heterocycles. The number of carbonyl (C=O) groups excluding carboxylic acids is 1. The average Bonchev–Trinajstić information content (AvgIpc) is 2.87. The van der Waals surface area contributed by atoms with E-state index in [0.29, 0.717) is 11.2 Å². The molecule has 2 aromatic heterocycles. The zero-order valence-electron chi connectivity index (χ0n) is 12.1. The molecule has 1 atom stereocenters. The van der Waals surface area contributed by atoms with E-state index in [1.54, 1.807) is 6.07 Å². The molecule has 0 radical (unpaired) electrons. The molecule has 3 rings (SSSR count). The van der Waals surface area contributed by atoms with Crippen LogP contribution in [-0.4, -0.2) is 15.3 Å². The van der Waals surface area contributed by atoms with Gasteiger partial charge in [-0.1, -0.05) is 30.3 Å². The van der Waals surface area contributed by atoms with Crippen molar-refractivity contribution in [3.05, 3.63) is 71.7 Å². The van der Waals surface area contributed by atoms with Gasteiger partial charge in [0.1, 0.15) is 5.65 Å². The van der Waals surface area contributed by atoms with Crippen molar-refractivity contribution in [2.24, 2.45) is 0 Å². The summed E-state index contributed by atoms with van der Waals surface area (Å²) in [6.45, 7) is 3.89. The van der Waals surface area contributed by atoms with Gasteiger partial charge in [0.2, 0.25) is 0 Å². The molecule has 1 unspecified atom stereocenters. The molecule has 2 heterocycles. The largest absolute Gasteiger partial charge is 0.345 e. The van der Waals surface area contributed by atoms with Crippen LogP contribution in [0.3, 0.4) is 0 Å². The quantitative estimate of drug-likeness (QED) is 0.800. The van der Waals surface area contributed by atoms with Crippen molar-refractivity contribution in [1.82, 2.24) is 14.7 Å². The predicted molar refractivity (Wildman–Crippen MR) is 82.3 cm³/mol. The summed E-state index contributed by atoms with van der Waals surface area (Å²) < 4.78 is 1.87. The van der Waals surface area contributed by atoms with Gasteiger partial charge in [0.05, 0.1) is 17.3 Å². The molecular weight excluding hydrogens is 262 g/mol. The number of nitrogens with zero attached hydrogens (tertiary/aromatic N) is 2. The van der Waals surface area contributed by atoms with Gasteiger partial charge in [0, 0.05) is 12.4 Å². The van der Waals surface area contributed by atoms with Gasteiger partial charge >= 0.3 is 0 Å². The molecule has 4 nitrogen and oxygen atoms in total. The summed E-state index contributed by atoms with van der Waals surface area (Å²) in [5.41, 5.74) is 3.25. The van der Waals surface area contributed by atoms with Gasteiger partial charge in [0.15, 0.2) is 0 Å². The summed E-state index contributed by atoms with van der Waals surface area (Å²) in [5, 5.41) is 3.02. The summed E-state index contributed by atoms with van der Waals surface area (Å²) >= 11 is 0. The number of rotatable bonds is 3. The normalized spacial score (nSPS) is 12.3.